The van der Waals surface area contributed by atoms with Crippen LogP contribution in [0.4, 0.5) is 0 Å². The van der Waals surface area contributed by atoms with Crippen LogP contribution in [-0.2, 0) is 45.9 Å². The first-order valence-corrected chi connectivity index (χ1v) is 46.8. The van der Waals surface area contributed by atoms with Crippen molar-refractivity contribution in [3.63, 3.8) is 0 Å². The Morgan fingerprint density at radius 1 is 0.218 bits per heavy atom. The third-order valence-electron chi connectivity index (χ3n) is 22.0. The first-order valence-electron chi connectivity index (χ1n) is 43.9. The van der Waals surface area contributed by atoms with E-state index in [4.69, 9.17) is 0 Å². The molecule has 6 nitrogen and oxygen atoms in total. The SMILES string of the molecule is CCCCCCCCCCCCCCCCCCc1cc2cccc(CCCCCCCCCCCCCCCCCC)c2cc1S(=O)(=O)[O-].CCCCCCCCCCCCCCCCCCc1cc2cccc(CCCCCCCCCCCCCCCCCC)c2cc1S(=O)(=O)[O-].[Ba+2]. The molecular weight excluding hydrogens is 1400 g/mol. The smallest absolute Gasteiger partial charge is 0.744 e. The third kappa shape index (κ3) is 50.9. The van der Waals surface area contributed by atoms with Gasteiger partial charge in [0.05, 0.1) is 9.79 Å². The molecule has 0 aliphatic carbocycles. The first kappa shape index (κ1) is 95.9. The predicted octanol–water partition coefficient (Wildman–Crippen LogP) is 30.3. The van der Waals surface area contributed by atoms with Crippen LogP contribution in [-0.4, -0.2) is 74.8 Å². The Hall–Kier alpha value is -1.21. The molecule has 101 heavy (non-hydrogen) atoms. The van der Waals surface area contributed by atoms with Crippen molar-refractivity contribution in [3.8, 4) is 0 Å². The minimum Gasteiger partial charge on any atom is -0.744 e. The van der Waals surface area contributed by atoms with Crippen LogP contribution in [0.15, 0.2) is 70.5 Å². The van der Waals surface area contributed by atoms with E-state index in [1.54, 1.807) is 12.1 Å². The van der Waals surface area contributed by atoms with Gasteiger partial charge in [0.25, 0.3) is 0 Å². The van der Waals surface area contributed by atoms with E-state index in [0.717, 1.165) is 72.9 Å². The Morgan fingerprint density at radius 3 is 0.545 bits per heavy atom. The van der Waals surface area contributed by atoms with Gasteiger partial charge in [-0.2, -0.15) is 0 Å². The molecule has 0 saturated heterocycles. The second kappa shape index (κ2) is 67.0. The summed E-state index contributed by atoms with van der Waals surface area (Å²) in [7, 11) is -9.03. The Balaban J connectivity index is 0.000000680. The van der Waals surface area contributed by atoms with Gasteiger partial charge in [0, 0.05) is 0 Å². The normalized spacial score (nSPS) is 11.9. The molecule has 4 rings (SSSR count). The average molecular weight is 1560 g/mol. The van der Waals surface area contributed by atoms with Gasteiger partial charge < -0.3 is 9.11 Å². The van der Waals surface area contributed by atoms with Crippen LogP contribution in [0.2, 0.25) is 0 Å². The number of rotatable bonds is 70. The second-order valence-corrected chi connectivity index (χ2v) is 34.0. The van der Waals surface area contributed by atoms with Gasteiger partial charge in [0.2, 0.25) is 0 Å². The molecule has 4 aromatic rings. The van der Waals surface area contributed by atoms with Crippen LogP contribution in [0.25, 0.3) is 21.5 Å². The summed E-state index contributed by atoms with van der Waals surface area (Å²) in [5, 5.41) is 4.02. The van der Waals surface area contributed by atoms with Gasteiger partial charge in [-0.05, 0) is 119 Å². The summed E-state index contributed by atoms with van der Waals surface area (Å²) in [5.41, 5.74) is 3.76. The molecule has 0 aliphatic rings. The topological polar surface area (TPSA) is 114 Å². The fraction of sp³-hybridized carbons (Fsp3) is 0.783. The van der Waals surface area contributed by atoms with Gasteiger partial charge in [-0.25, -0.2) is 16.8 Å². The fourth-order valence-corrected chi connectivity index (χ4v) is 17.1. The molecule has 0 spiro atoms. The van der Waals surface area contributed by atoms with Crippen LogP contribution in [0.3, 0.4) is 0 Å². The standard InChI is InChI=1S/2C46H80O3S.Ba/c2*1-3-5-7-9-11-13-15-17-19-21-23-25-27-29-31-33-36-42-38-35-39-43-40-44(46(41-45(42)43)50(47,48)49)37-34-32-30-28-26-24-22-20-18-16-14-12-10-8-6-4-2;/h2*35,38-41H,3-34,36-37H2,1-2H3,(H,47,48,49);/q;;+2/p-2. The number of hydrogen-bond donors (Lipinski definition) is 0. The van der Waals surface area contributed by atoms with Crippen molar-refractivity contribution in [2.45, 2.75) is 474 Å². The molecule has 0 atom stereocenters. The van der Waals surface area contributed by atoms with Gasteiger partial charge in [-0.1, -0.05) is 449 Å². The first-order chi connectivity index (χ1) is 48.9. The second-order valence-electron chi connectivity index (χ2n) is 31.3. The van der Waals surface area contributed by atoms with Gasteiger partial charge >= 0.3 is 48.9 Å². The molecule has 0 saturated carbocycles. The number of hydrogen-bond acceptors (Lipinski definition) is 6. The minimum absolute atomic E-state index is 0. The van der Waals surface area contributed by atoms with E-state index in [9.17, 15) is 25.9 Å². The number of benzene rings is 4. The molecule has 0 aliphatic heterocycles. The predicted molar refractivity (Wildman–Crippen MR) is 443 cm³/mol. The van der Waals surface area contributed by atoms with Crippen LogP contribution in [0.1, 0.15) is 461 Å². The Morgan fingerprint density at radius 2 is 0.376 bits per heavy atom. The van der Waals surface area contributed by atoms with Crippen molar-refractivity contribution in [1.29, 1.82) is 0 Å². The van der Waals surface area contributed by atoms with E-state index < -0.39 is 20.2 Å². The maximum Gasteiger partial charge on any atom is 2.00 e. The fourth-order valence-electron chi connectivity index (χ4n) is 15.6. The van der Waals surface area contributed by atoms with Crippen molar-refractivity contribution in [3.05, 3.63) is 82.9 Å². The average Bonchev–Trinajstić information content (AvgIpc) is 0.790. The van der Waals surface area contributed by atoms with Crippen LogP contribution in [0.5, 0.6) is 0 Å². The Kier molecular flexibility index (Phi) is 63.5. The summed E-state index contributed by atoms with van der Waals surface area (Å²) in [5.74, 6) is 0. The molecule has 0 unspecified atom stereocenters. The van der Waals surface area contributed by atoms with Crippen molar-refractivity contribution in [2.24, 2.45) is 0 Å². The van der Waals surface area contributed by atoms with E-state index in [0.29, 0.717) is 24.0 Å². The monoisotopic (exact) mass is 1560 g/mol. The van der Waals surface area contributed by atoms with Gasteiger partial charge in [0.1, 0.15) is 20.2 Å². The van der Waals surface area contributed by atoms with Crippen molar-refractivity contribution in [2.75, 3.05) is 0 Å². The molecule has 0 amide bonds. The molecule has 4 aromatic carbocycles. The third-order valence-corrected chi connectivity index (χ3v) is 23.9. The number of aryl methyl sites for hydroxylation is 4. The number of fused-ring (bicyclic) bond motifs is 2. The molecule has 576 valence electrons. The molecule has 0 heterocycles. The molecule has 0 fully saturated rings. The van der Waals surface area contributed by atoms with E-state index in [2.05, 4.69) is 64.1 Å². The summed E-state index contributed by atoms with van der Waals surface area (Å²) < 4.78 is 74.1. The van der Waals surface area contributed by atoms with Gasteiger partial charge in [-0.3, -0.25) is 0 Å². The zero-order valence-corrected chi connectivity index (χ0v) is 72.9. The van der Waals surface area contributed by atoms with Gasteiger partial charge in [0.15, 0.2) is 0 Å². The summed E-state index contributed by atoms with van der Waals surface area (Å²) in [6.45, 7) is 9.13. The van der Waals surface area contributed by atoms with Crippen molar-refractivity contribution in [1.82, 2.24) is 0 Å². The van der Waals surface area contributed by atoms with E-state index in [1.807, 2.05) is 12.1 Å². The van der Waals surface area contributed by atoms with Crippen molar-refractivity contribution < 1.29 is 25.9 Å². The quantitative estimate of drug-likeness (QED) is 0.0247. The van der Waals surface area contributed by atoms with Crippen LogP contribution < -0.4 is 0 Å². The summed E-state index contributed by atoms with van der Waals surface area (Å²) in [4.78, 5) is 0.00997. The minimum atomic E-state index is -4.52. The van der Waals surface area contributed by atoms with E-state index in [1.165, 1.54) is 384 Å². The molecular formula is C92H158BaO6S2. The molecule has 0 bridgehead atoms. The number of unbranched alkanes of at least 4 members (excludes halogenated alkanes) is 60. The van der Waals surface area contributed by atoms with Gasteiger partial charge in [-0.15, -0.1) is 0 Å². The molecule has 0 aromatic heterocycles. The maximum atomic E-state index is 12.3. The Labute approximate surface area is 667 Å². The Bertz CT molecular complexity index is 2570. The largest absolute Gasteiger partial charge is 2.00 e. The zero-order valence-electron chi connectivity index (χ0n) is 66.8. The van der Waals surface area contributed by atoms with E-state index >= 15 is 0 Å². The summed E-state index contributed by atoms with van der Waals surface area (Å²) in [6.07, 6.45) is 88.6. The zero-order chi connectivity index (χ0) is 71.9. The van der Waals surface area contributed by atoms with Crippen molar-refractivity contribution >= 4 is 90.7 Å². The summed E-state index contributed by atoms with van der Waals surface area (Å²) in [6, 6.07) is 19.9. The molecule has 9 heteroatoms. The van der Waals surface area contributed by atoms with Crippen LogP contribution in [0, 0.1) is 0 Å². The maximum absolute atomic E-state index is 12.3. The van der Waals surface area contributed by atoms with E-state index in [-0.39, 0.29) is 58.7 Å². The molecule has 0 radical (unpaired) electrons. The summed E-state index contributed by atoms with van der Waals surface area (Å²) >= 11 is 0. The van der Waals surface area contributed by atoms with Crippen LogP contribution >= 0.6 is 0 Å². The molecule has 0 N–H and O–H groups in total.